The third-order valence-electron chi connectivity index (χ3n) is 4.84. The van der Waals surface area contributed by atoms with Crippen molar-refractivity contribution >= 4 is 35.7 Å². The summed E-state index contributed by atoms with van der Waals surface area (Å²) in [5.74, 6) is 0. The summed E-state index contributed by atoms with van der Waals surface area (Å²) < 4.78 is 5.84. The molecule has 0 saturated carbocycles. The zero-order valence-corrected chi connectivity index (χ0v) is 17.5. The lowest BCUT2D eigenvalue weighted by Crippen LogP contribution is -2.45. The quantitative estimate of drug-likeness (QED) is 0.458. The summed E-state index contributed by atoms with van der Waals surface area (Å²) in [5.41, 5.74) is 9.69. The molecule has 0 aliphatic carbocycles. The first kappa shape index (κ1) is 22.6. The highest BCUT2D eigenvalue weighted by molar-refractivity contribution is 6.80. The van der Waals surface area contributed by atoms with E-state index in [1.54, 1.807) is 0 Å². The monoisotopic (exact) mass is 407 g/mol. The summed E-state index contributed by atoms with van der Waals surface area (Å²) in [6.45, 7) is 0.559. The van der Waals surface area contributed by atoms with E-state index in [9.17, 15) is 5.02 Å². The third kappa shape index (κ3) is 6.97. The minimum Gasteiger partial charge on any atom is -0.443 e. The predicted octanol–water partition coefficient (Wildman–Crippen LogP) is 1.55. The second-order valence-corrected chi connectivity index (χ2v) is 7.08. The van der Waals surface area contributed by atoms with Crippen LogP contribution in [-0.4, -0.2) is 32.0 Å². The molecule has 0 radical (unpaired) electrons. The first-order valence-corrected chi connectivity index (χ1v) is 10.5. The van der Waals surface area contributed by atoms with Crippen LogP contribution in [0.4, 0.5) is 0 Å². The zero-order valence-electron chi connectivity index (χ0n) is 17.5. The van der Waals surface area contributed by atoms with Gasteiger partial charge in [-0.25, -0.2) is 0 Å². The molecule has 0 unspecified atom stereocenters. The molecular weight excluding hydrogens is 380 g/mol. The van der Waals surface area contributed by atoms with Crippen molar-refractivity contribution in [1.29, 1.82) is 0 Å². The molecule has 3 nitrogen and oxygen atoms in total. The van der Waals surface area contributed by atoms with Gasteiger partial charge in [-0.1, -0.05) is 121 Å². The topological polar surface area (TPSA) is 55.5 Å². The van der Waals surface area contributed by atoms with Crippen LogP contribution in [0.25, 0.3) is 0 Å². The van der Waals surface area contributed by atoms with Crippen molar-refractivity contribution in [3.05, 3.63) is 121 Å². The Morgan fingerprint density at radius 3 is 1.19 bits per heavy atom. The van der Waals surface area contributed by atoms with Crippen LogP contribution in [0.5, 0.6) is 0 Å². The van der Waals surface area contributed by atoms with E-state index in [-0.39, 0.29) is 6.92 Å². The van der Waals surface area contributed by atoms with Gasteiger partial charge in [-0.05, 0) is 21.9 Å². The molecule has 0 aromatic heterocycles. The Hall–Kier alpha value is -3.11. The average Bonchev–Trinajstić information content (AvgIpc) is 2.87. The summed E-state index contributed by atoms with van der Waals surface area (Å²) in [4.78, 5) is 0. The fourth-order valence-electron chi connectivity index (χ4n) is 3.29. The summed E-state index contributed by atoms with van der Waals surface area (Å²) in [6, 6.07) is 39.8. The summed E-state index contributed by atoms with van der Waals surface area (Å²) in [6.07, 6.45) is 0. The van der Waals surface area contributed by atoms with E-state index in [0.29, 0.717) is 13.2 Å². The zero-order chi connectivity index (χ0) is 21.7. The number of hydrogen-bond acceptors (Lipinski definition) is 3. The predicted molar refractivity (Wildman–Crippen MR) is 133 cm³/mol. The molecule has 0 aliphatic heterocycles. The SMILES string of the molecule is NCCOB(c1ccccc1)c1ccccc1.OB(c1ccccc1)c1ccccc1. The molecule has 4 rings (SSSR count). The molecule has 31 heavy (non-hydrogen) atoms. The van der Waals surface area contributed by atoms with E-state index in [4.69, 9.17) is 10.4 Å². The van der Waals surface area contributed by atoms with Gasteiger partial charge in [-0.3, -0.25) is 0 Å². The van der Waals surface area contributed by atoms with Crippen molar-refractivity contribution in [1.82, 2.24) is 0 Å². The Morgan fingerprint density at radius 2 is 0.871 bits per heavy atom. The minimum absolute atomic E-state index is 0.0269. The Kier molecular flexibility index (Phi) is 9.14. The van der Waals surface area contributed by atoms with Crippen molar-refractivity contribution in [2.75, 3.05) is 13.2 Å². The van der Waals surface area contributed by atoms with E-state index in [0.717, 1.165) is 21.9 Å². The van der Waals surface area contributed by atoms with E-state index < -0.39 is 6.92 Å². The molecular formula is C26H27B2NO2. The number of hydrogen-bond donors (Lipinski definition) is 2. The van der Waals surface area contributed by atoms with Crippen LogP contribution >= 0.6 is 0 Å². The third-order valence-corrected chi connectivity index (χ3v) is 4.84. The van der Waals surface area contributed by atoms with Gasteiger partial charge in [0.1, 0.15) is 0 Å². The molecule has 5 heteroatoms. The molecule has 4 aromatic rings. The number of rotatable bonds is 7. The first-order valence-electron chi connectivity index (χ1n) is 10.5. The van der Waals surface area contributed by atoms with Gasteiger partial charge in [0, 0.05) is 13.2 Å². The maximum Gasteiger partial charge on any atom is 0.361 e. The minimum atomic E-state index is -0.516. The molecule has 0 atom stereocenters. The Labute approximate surface area is 185 Å². The maximum atomic E-state index is 9.99. The highest BCUT2D eigenvalue weighted by atomic mass is 16.4. The maximum absolute atomic E-state index is 9.99. The highest BCUT2D eigenvalue weighted by Crippen LogP contribution is 1.94. The van der Waals surface area contributed by atoms with E-state index in [2.05, 4.69) is 24.3 Å². The lowest BCUT2D eigenvalue weighted by atomic mass is 9.55. The molecule has 4 aromatic carbocycles. The average molecular weight is 407 g/mol. The summed E-state index contributed by atoms with van der Waals surface area (Å²) >= 11 is 0. The van der Waals surface area contributed by atoms with Crippen LogP contribution < -0.4 is 27.6 Å². The molecule has 0 amide bonds. The smallest absolute Gasteiger partial charge is 0.361 e. The van der Waals surface area contributed by atoms with E-state index in [1.807, 2.05) is 97.1 Å². The molecule has 0 saturated heterocycles. The normalized spacial score (nSPS) is 10.0. The second-order valence-electron chi connectivity index (χ2n) is 7.08. The Balaban J connectivity index is 0.000000179. The summed E-state index contributed by atoms with van der Waals surface area (Å²) in [5, 5.41) is 9.99. The van der Waals surface area contributed by atoms with Crippen molar-refractivity contribution in [2.24, 2.45) is 5.73 Å². The van der Waals surface area contributed by atoms with Crippen molar-refractivity contribution < 1.29 is 9.68 Å². The van der Waals surface area contributed by atoms with E-state index >= 15 is 0 Å². The fraction of sp³-hybridized carbons (Fsp3) is 0.0769. The van der Waals surface area contributed by atoms with Crippen LogP contribution in [0, 0.1) is 0 Å². The van der Waals surface area contributed by atoms with Gasteiger partial charge in [-0.15, -0.1) is 0 Å². The second kappa shape index (κ2) is 12.6. The largest absolute Gasteiger partial charge is 0.443 e. The van der Waals surface area contributed by atoms with Crippen LogP contribution in [-0.2, 0) is 4.65 Å². The standard InChI is InChI=1S/C14H16BNO.C12H11BO/c16-11-12-17-15(13-7-3-1-4-8-13)14-9-5-2-6-10-14;14-13(11-7-3-1-4-8-11)12-9-5-2-6-10-12/h1-10H,11-12,16H2;1-10,14H. The van der Waals surface area contributed by atoms with Crippen LogP contribution in [0.3, 0.4) is 0 Å². The fourth-order valence-corrected chi connectivity index (χ4v) is 3.29. The first-order chi connectivity index (χ1) is 15.3. The van der Waals surface area contributed by atoms with Gasteiger partial charge in [0.15, 0.2) is 0 Å². The molecule has 0 spiro atoms. The van der Waals surface area contributed by atoms with Crippen molar-refractivity contribution in [3.8, 4) is 0 Å². The lowest BCUT2D eigenvalue weighted by Gasteiger charge is -2.14. The van der Waals surface area contributed by atoms with Crippen molar-refractivity contribution in [2.45, 2.75) is 0 Å². The van der Waals surface area contributed by atoms with Crippen LogP contribution in [0.1, 0.15) is 0 Å². The van der Waals surface area contributed by atoms with Crippen molar-refractivity contribution in [3.63, 3.8) is 0 Å². The highest BCUT2D eigenvalue weighted by Gasteiger charge is 2.20. The van der Waals surface area contributed by atoms with Gasteiger partial charge in [0.05, 0.1) is 0 Å². The van der Waals surface area contributed by atoms with Gasteiger partial charge < -0.3 is 15.4 Å². The summed E-state index contributed by atoms with van der Waals surface area (Å²) in [7, 11) is 0. The molecule has 0 heterocycles. The Bertz CT molecular complexity index is 908. The van der Waals surface area contributed by atoms with E-state index in [1.165, 1.54) is 0 Å². The van der Waals surface area contributed by atoms with Gasteiger partial charge in [0.2, 0.25) is 0 Å². The lowest BCUT2D eigenvalue weighted by molar-refractivity contribution is 0.344. The Morgan fingerprint density at radius 1 is 0.548 bits per heavy atom. The van der Waals surface area contributed by atoms with Crippen LogP contribution in [0.2, 0.25) is 0 Å². The molecule has 0 bridgehead atoms. The molecule has 0 fully saturated rings. The van der Waals surface area contributed by atoms with Gasteiger partial charge >= 0.3 is 13.8 Å². The van der Waals surface area contributed by atoms with Gasteiger partial charge in [-0.2, -0.15) is 0 Å². The molecule has 3 N–H and O–H groups in total. The van der Waals surface area contributed by atoms with Gasteiger partial charge in [0.25, 0.3) is 0 Å². The van der Waals surface area contributed by atoms with Crippen LogP contribution in [0.15, 0.2) is 121 Å². The molecule has 0 aliphatic rings. The number of nitrogens with two attached hydrogens (primary N) is 1. The number of benzene rings is 4. The molecule has 154 valence electrons.